The number of hydrogen-bond acceptors (Lipinski definition) is 8. The van der Waals surface area contributed by atoms with Crippen LogP contribution in [0.2, 0.25) is 0 Å². The second-order valence-electron chi connectivity index (χ2n) is 10.1. The van der Waals surface area contributed by atoms with Crippen LogP contribution in [0.3, 0.4) is 0 Å². The molecule has 3 aromatic heterocycles. The number of aryl methyl sites for hydroxylation is 1. The molecule has 39 heavy (non-hydrogen) atoms. The van der Waals surface area contributed by atoms with Gasteiger partial charge in [0.25, 0.3) is 0 Å². The molecule has 206 valence electrons. The number of hydrogen-bond donors (Lipinski definition) is 3. The van der Waals surface area contributed by atoms with Crippen molar-refractivity contribution in [2.45, 2.75) is 61.3 Å². The van der Waals surface area contributed by atoms with E-state index < -0.39 is 12.0 Å². The zero-order chi connectivity index (χ0) is 27.0. The molecule has 9 nitrogen and oxygen atoms in total. The monoisotopic (exact) mass is 557 g/mol. The summed E-state index contributed by atoms with van der Waals surface area (Å²) in [5, 5.41) is 10.9. The third kappa shape index (κ3) is 5.98. The second-order valence-corrected chi connectivity index (χ2v) is 11.2. The summed E-state index contributed by atoms with van der Waals surface area (Å²) in [6.45, 7) is 5.65. The molecule has 0 unspecified atom stereocenters. The Balaban J connectivity index is 1.24. The molecule has 0 amide bonds. The SMILES string of the molecule is Cc1cc(Nc2cc(N3CCN(C4CCCCC4)CC3)nc(Sc3ccc4nc(C(F)(F)F)[nH]c4c3)n2)[nH]n1. The van der Waals surface area contributed by atoms with E-state index in [1.54, 1.807) is 18.2 Å². The smallest absolute Gasteiger partial charge is 0.354 e. The van der Waals surface area contributed by atoms with E-state index in [2.05, 4.69) is 35.3 Å². The van der Waals surface area contributed by atoms with Crippen molar-refractivity contribution in [3.8, 4) is 0 Å². The van der Waals surface area contributed by atoms with E-state index in [9.17, 15) is 13.2 Å². The van der Waals surface area contributed by atoms with Crippen LogP contribution in [0.4, 0.5) is 30.6 Å². The van der Waals surface area contributed by atoms with Crippen LogP contribution in [0.5, 0.6) is 0 Å². The Morgan fingerprint density at radius 1 is 0.974 bits per heavy atom. The molecule has 3 N–H and O–H groups in total. The lowest BCUT2D eigenvalue weighted by Crippen LogP contribution is -2.51. The first kappa shape index (κ1) is 25.9. The molecule has 1 aliphatic carbocycles. The Labute approximate surface area is 228 Å². The first-order valence-electron chi connectivity index (χ1n) is 13.2. The highest BCUT2D eigenvalue weighted by atomic mass is 32.2. The van der Waals surface area contributed by atoms with Crippen molar-refractivity contribution in [1.82, 2.24) is 35.0 Å². The molecule has 1 aliphatic heterocycles. The molecule has 6 rings (SSSR count). The van der Waals surface area contributed by atoms with E-state index in [0.717, 1.165) is 37.7 Å². The summed E-state index contributed by atoms with van der Waals surface area (Å²) in [5.41, 5.74) is 1.43. The van der Waals surface area contributed by atoms with Crippen molar-refractivity contribution in [2.75, 3.05) is 36.4 Å². The number of halogens is 3. The lowest BCUT2D eigenvalue weighted by Gasteiger charge is -2.41. The van der Waals surface area contributed by atoms with Crippen molar-refractivity contribution in [2.24, 2.45) is 0 Å². The number of alkyl halides is 3. The summed E-state index contributed by atoms with van der Waals surface area (Å²) in [7, 11) is 0. The van der Waals surface area contributed by atoms with E-state index in [0.29, 0.717) is 33.2 Å². The molecule has 0 radical (unpaired) electrons. The molecular formula is C26H30F3N9S. The minimum Gasteiger partial charge on any atom is -0.354 e. The van der Waals surface area contributed by atoms with Crippen LogP contribution in [-0.4, -0.2) is 67.3 Å². The summed E-state index contributed by atoms with van der Waals surface area (Å²) in [6, 6.07) is 9.47. The Kier molecular flexibility index (Phi) is 7.10. The predicted octanol–water partition coefficient (Wildman–Crippen LogP) is 5.75. The average molecular weight is 558 g/mol. The highest BCUT2D eigenvalue weighted by molar-refractivity contribution is 7.99. The van der Waals surface area contributed by atoms with Gasteiger partial charge in [0.1, 0.15) is 17.5 Å². The fourth-order valence-electron chi connectivity index (χ4n) is 5.36. The zero-order valence-electron chi connectivity index (χ0n) is 21.6. The number of imidazole rings is 1. The minimum absolute atomic E-state index is 0.258. The Hall–Kier alpha value is -3.32. The number of benzene rings is 1. The number of aromatic amines is 2. The largest absolute Gasteiger partial charge is 0.449 e. The van der Waals surface area contributed by atoms with Crippen molar-refractivity contribution >= 4 is 40.2 Å². The van der Waals surface area contributed by atoms with Crippen LogP contribution in [0, 0.1) is 6.92 Å². The number of aromatic nitrogens is 6. The van der Waals surface area contributed by atoms with Crippen molar-refractivity contribution < 1.29 is 13.2 Å². The number of nitrogens with zero attached hydrogens (tertiary/aromatic N) is 6. The quantitative estimate of drug-likeness (QED) is 0.258. The number of piperazine rings is 1. The molecule has 1 aromatic carbocycles. The topological polar surface area (TPSA) is 102 Å². The molecule has 13 heteroatoms. The number of anilines is 3. The maximum Gasteiger partial charge on any atom is 0.449 e. The van der Waals surface area contributed by atoms with Gasteiger partial charge in [-0.2, -0.15) is 18.3 Å². The summed E-state index contributed by atoms with van der Waals surface area (Å²) >= 11 is 1.30. The number of rotatable bonds is 6. The molecule has 0 spiro atoms. The van der Waals surface area contributed by atoms with Crippen LogP contribution < -0.4 is 10.2 Å². The molecular weight excluding hydrogens is 527 g/mol. The molecule has 1 saturated heterocycles. The van der Waals surface area contributed by atoms with Gasteiger partial charge in [0.15, 0.2) is 5.16 Å². The number of H-pyrrole nitrogens is 2. The third-order valence-corrected chi connectivity index (χ3v) is 8.18. The molecule has 1 saturated carbocycles. The second kappa shape index (κ2) is 10.7. The fraction of sp³-hybridized carbons (Fsp3) is 0.462. The van der Waals surface area contributed by atoms with Crippen molar-refractivity contribution in [3.63, 3.8) is 0 Å². The molecule has 2 fully saturated rings. The Bertz CT molecular complexity index is 1440. The van der Waals surface area contributed by atoms with Crippen molar-refractivity contribution in [3.05, 3.63) is 41.9 Å². The maximum absolute atomic E-state index is 13.1. The standard InChI is InChI=1S/C26H30F3N9S/c1-16-13-22(36-35-16)32-21-15-23(38-11-9-37(10-12-38)17-5-3-2-4-6-17)34-25(33-21)39-18-7-8-19-20(14-18)31-24(30-19)26(27,28)29/h7-8,13-15,17H,2-6,9-12H2,1H3,(H,30,31)(H2,32,33,34,35,36). The van der Waals surface area contributed by atoms with Gasteiger partial charge in [-0.3, -0.25) is 10.00 Å². The van der Waals surface area contributed by atoms with Gasteiger partial charge in [0, 0.05) is 49.2 Å². The van der Waals surface area contributed by atoms with Gasteiger partial charge in [0.05, 0.1) is 16.7 Å². The van der Waals surface area contributed by atoms with E-state index in [4.69, 9.17) is 9.97 Å². The first-order chi connectivity index (χ1) is 18.8. The van der Waals surface area contributed by atoms with Gasteiger partial charge in [-0.25, -0.2) is 15.0 Å². The van der Waals surface area contributed by atoms with Gasteiger partial charge >= 0.3 is 6.18 Å². The van der Waals surface area contributed by atoms with Crippen LogP contribution >= 0.6 is 11.8 Å². The van der Waals surface area contributed by atoms with Gasteiger partial charge < -0.3 is 15.2 Å². The maximum atomic E-state index is 13.1. The highest BCUT2D eigenvalue weighted by Gasteiger charge is 2.34. The summed E-state index contributed by atoms with van der Waals surface area (Å²) in [5.74, 6) is 1.14. The first-order valence-corrected chi connectivity index (χ1v) is 14.0. The van der Waals surface area contributed by atoms with Crippen LogP contribution in [-0.2, 0) is 6.18 Å². The van der Waals surface area contributed by atoms with Gasteiger partial charge in [-0.15, -0.1) is 0 Å². The lowest BCUT2D eigenvalue weighted by molar-refractivity contribution is -0.144. The molecule has 2 aliphatic rings. The zero-order valence-corrected chi connectivity index (χ0v) is 22.4. The summed E-state index contributed by atoms with van der Waals surface area (Å²) in [4.78, 5) is 21.2. The van der Waals surface area contributed by atoms with Crippen LogP contribution in [0.1, 0.15) is 43.6 Å². The highest BCUT2D eigenvalue weighted by Crippen LogP contribution is 2.33. The normalized spacial score (nSPS) is 17.7. The third-order valence-electron chi connectivity index (χ3n) is 7.32. The summed E-state index contributed by atoms with van der Waals surface area (Å²) in [6.07, 6.45) is 2.04. The molecule has 4 aromatic rings. The van der Waals surface area contributed by atoms with Gasteiger partial charge in [-0.05, 0) is 49.7 Å². The van der Waals surface area contributed by atoms with Crippen molar-refractivity contribution in [1.29, 1.82) is 0 Å². The van der Waals surface area contributed by atoms with E-state index >= 15 is 0 Å². The minimum atomic E-state index is -4.53. The number of nitrogens with one attached hydrogen (secondary N) is 3. The molecule has 4 heterocycles. The predicted molar refractivity (Wildman–Crippen MR) is 145 cm³/mol. The fourth-order valence-corrected chi connectivity index (χ4v) is 6.17. The van der Waals surface area contributed by atoms with Crippen LogP contribution in [0.25, 0.3) is 11.0 Å². The Morgan fingerprint density at radius 3 is 2.49 bits per heavy atom. The molecule has 0 bridgehead atoms. The average Bonchev–Trinajstić information content (AvgIpc) is 3.55. The van der Waals surface area contributed by atoms with Gasteiger partial charge in [-0.1, -0.05) is 19.3 Å². The number of fused-ring (bicyclic) bond motifs is 1. The Morgan fingerprint density at radius 2 is 1.77 bits per heavy atom. The molecule has 0 atom stereocenters. The lowest BCUT2D eigenvalue weighted by atomic mass is 9.94. The van der Waals surface area contributed by atoms with E-state index in [-0.39, 0.29) is 5.52 Å². The van der Waals surface area contributed by atoms with E-state index in [1.807, 2.05) is 19.1 Å². The van der Waals surface area contributed by atoms with Crippen LogP contribution in [0.15, 0.2) is 40.4 Å². The van der Waals surface area contributed by atoms with E-state index in [1.165, 1.54) is 43.9 Å². The summed E-state index contributed by atoms with van der Waals surface area (Å²) < 4.78 is 39.3. The van der Waals surface area contributed by atoms with Gasteiger partial charge in [0.2, 0.25) is 5.82 Å².